The first-order valence-corrected chi connectivity index (χ1v) is 9.19. The van der Waals surface area contributed by atoms with Crippen LogP contribution in [0.15, 0.2) is 24.3 Å². The Labute approximate surface area is 150 Å². The molecule has 0 unspecified atom stereocenters. The van der Waals surface area contributed by atoms with Gasteiger partial charge < -0.3 is 5.32 Å². The molecule has 1 saturated carbocycles. The number of nitrogens with zero attached hydrogens (tertiary/aromatic N) is 2. The zero-order chi connectivity index (χ0) is 18.4. The smallest absolute Gasteiger partial charge is 0.276 e. The van der Waals surface area contributed by atoms with Gasteiger partial charge in [0.2, 0.25) is 0 Å². The highest BCUT2D eigenvalue weighted by atomic mass is 16.2. The standard InChI is InChI=1S/C21H29N3O/c1-13(2)16-9-7-8-14(3)19(16)22-20(25)17-12-18(15-10-11-15)24(23-17)21(4,5)6/h7-9,12-13,15H,10-11H2,1-6H3,(H,22,25). The third kappa shape index (κ3) is 3.63. The third-order valence-electron chi connectivity index (χ3n) is 4.77. The molecule has 4 heteroatoms. The van der Waals surface area contributed by atoms with E-state index in [1.807, 2.05) is 29.8 Å². The van der Waals surface area contributed by atoms with Crippen molar-refractivity contribution >= 4 is 11.6 Å². The second-order valence-electron chi connectivity index (χ2n) is 8.46. The van der Waals surface area contributed by atoms with Crippen molar-refractivity contribution in [2.45, 2.75) is 71.8 Å². The summed E-state index contributed by atoms with van der Waals surface area (Å²) in [6, 6.07) is 8.13. The number of aryl methyl sites for hydroxylation is 1. The Morgan fingerprint density at radius 1 is 1.28 bits per heavy atom. The second kappa shape index (κ2) is 6.32. The van der Waals surface area contributed by atoms with Gasteiger partial charge in [0.15, 0.2) is 5.69 Å². The van der Waals surface area contributed by atoms with Crippen molar-refractivity contribution in [3.8, 4) is 0 Å². The number of carbonyl (C=O) groups is 1. The summed E-state index contributed by atoms with van der Waals surface area (Å²) in [4.78, 5) is 12.9. The van der Waals surface area contributed by atoms with Crippen LogP contribution >= 0.6 is 0 Å². The lowest BCUT2D eigenvalue weighted by molar-refractivity contribution is 0.102. The zero-order valence-electron chi connectivity index (χ0n) is 16.2. The van der Waals surface area contributed by atoms with E-state index < -0.39 is 0 Å². The molecule has 1 N–H and O–H groups in total. The SMILES string of the molecule is Cc1cccc(C(C)C)c1NC(=O)c1cc(C2CC2)n(C(C)(C)C)n1. The average Bonchev–Trinajstić information content (AvgIpc) is 3.25. The van der Waals surface area contributed by atoms with Crippen LogP contribution in [0.5, 0.6) is 0 Å². The maximum absolute atomic E-state index is 12.9. The van der Waals surface area contributed by atoms with E-state index in [0.717, 1.165) is 16.8 Å². The van der Waals surface area contributed by atoms with Gasteiger partial charge in [0, 0.05) is 17.3 Å². The molecule has 0 radical (unpaired) electrons. The van der Waals surface area contributed by atoms with E-state index in [4.69, 9.17) is 0 Å². The predicted octanol–water partition coefficient (Wildman–Crippen LogP) is 5.20. The van der Waals surface area contributed by atoms with E-state index in [-0.39, 0.29) is 11.4 Å². The van der Waals surface area contributed by atoms with Crippen LogP contribution in [0, 0.1) is 6.92 Å². The summed E-state index contributed by atoms with van der Waals surface area (Å²) in [5, 5.41) is 7.76. The minimum absolute atomic E-state index is 0.123. The quantitative estimate of drug-likeness (QED) is 0.832. The Kier molecular flexibility index (Phi) is 4.48. The van der Waals surface area contributed by atoms with Crippen LogP contribution in [0.25, 0.3) is 0 Å². The Morgan fingerprint density at radius 2 is 1.96 bits per heavy atom. The lowest BCUT2D eigenvalue weighted by Gasteiger charge is -2.22. The number of nitrogens with one attached hydrogen (secondary N) is 1. The fourth-order valence-corrected chi connectivity index (χ4v) is 3.23. The van der Waals surface area contributed by atoms with E-state index in [1.54, 1.807) is 0 Å². The van der Waals surface area contributed by atoms with Gasteiger partial charge in [-0.3, -0.25) is 9.48 Å². The minimum atomic E-state index is -0.124. The number of anilines is 1. The number of amides is 1. The molecule has 1 heterocycles. The third-order valence-corrected chi connectivity index (χ3v) is 4.77. The van der Waals surface area contributed by atoms with Crippen molar-refractivity contribution in [2.24, 2.45) is 0 Å². The first-order chi connectivity index (χ1) is 11.7. The summed E-state index contributed by atoms with van der Waals surface area (Å²) in [5.74, 6) is 0.781. The summed E-state index contributed by atoms with van der Waals surface area (Å²) >= 11 is 0. The van der Waals surface area contributed by atoms with Crippen LogP contribution in [0.1, 0.15) is 86.6 Å². The number of carbonyl (C=O) groups excluding carboxylic acids is 1. The van der Waals surface area contributed by atoms with Gasteiger partial charge in [0.05, 0.1) is 5.54 Å². The predicted molar refractivity (Wildman–Crippen MR) is 102 cm³/mol. The maximum atomic E-state index is 12.9. The molecule has 25 heavy (non-hydrogen) atoms. The van der Waals surface area contributed by atoms with Gasteiger partial charge in [-0.2, -0.15) is 5.10 Å². The molecule has 1 aromatic carbocycles. The molecule has 0 saturated heterocycles. The van der Waals surface area contributed by atoms with Crippen molar-refractivity contribution in [1.82, 2.24) is 9.78 Å². The minimum Gasteiger partial charge on any atom is -0.320 e. The highest BCUT2D eigenvalue weighted by molar-refractivity contribution is 6.03. The van der Waals surface area contributed by atoms with Gasteiger partial charge in [0.1, 0.15) is 0 Å². The van der Waals surface area contributed by atoms with Crippen molar-refractivity contribution in [1.29, 1.82) is 0 Å². The number of benzene rings is 1. The van der Waals surface area contributed by atoms with Crippen LogP contribution in [0.4, 0.5) is 5.69 Å². The van der Waals surface area contributed by atoms with Gasteiger partial charge in [-0.05, 0) is 63.6 Å². The monoisotopic (exact) mass is 339 g/mol. The summed E-state index contributed by atoms with van der Waals surface area (Å²) in [5.41, 5.74) is 4.73. The summed E-state index contributed by atoms with van der Waals surface area (Å²) in [6.07, 6.45) is 2.39. The molecule has 0 aliphatic heterocycles. The number of aromatic nitrogens is 2. The molecular weight excluding hydrogens is 310 g/mol. The first kappa shape index (κ1) is 17.7. The second-order valence-corrected chi connectivity index (χ2v) is 8.46. The van der Waals surface area contributed by atoms with Gasteiger partial charge >= 0.3 is 0 Å². The highest BCUT2D eigenvalue weighted by Crippen LogP contribution is 2.41. The topological polar surface area (TPSA) is 46.9 Å². The summed E-state index contributed by atoms with van der Waals surface area (Å²) in [6.45, 7) is 12.7. The number of hydrogen-bond acceptors (Lipinski definition) is 2. The Hall–Kier alpha value is -2.10. The molecule has 0 atom stereocenters. The Bertz CT molecular complexity index is 792. The Morgan fingerprint density at radius 3 is 2.52 bits per heavy atom. The van der Waals surface area contributed by atoms with Crippen LogP contribution in [-0.2, 0) is 5.54 Å². The molecule has 1 fully saturated rings. The van der Waals surface area contributed by atoms with Crippen LogP contribution in [-0.4, -0.2) is 15.7 Å². The van der Waals surface area contributed by atoms with E-state index in [9.17, 15) is 4.79 Å². The molecule has 2 aromatic rings. The summed E-state index contributed by atoms with van der Waals surface area (Å²) < 4.78 is 2.03. The van der Waals surface area contributed by atoms with Gasteiger partial charge in [-0.25, -0.2) is 0 Å². The highest BCUT2D eigenvalue weighted by Gasteiger charge is 2.32. The van der Waals surface area contributed by atoms with E-state index in [1.165, 1.54) is 18.5 Å². The molecule has 134 valence electrons. The molecule has 1 aliphatic rings. The Balaban J connectivity index is 1.93. The van der Waals surface area contributed by atoms with Crippen molar-refractivity contribution in [2.75, 3.05) is 5.32 Å². The normalized spacial score (nSPS) is 14.8. The zero-order valence-corrected chi connectivity index (χ0v) is 16.2. The maximum Gasteiger partial charge on any atom is 0.276 e. The molecular formula is C21H29N3O. The number of para-hydroxylation sites is 1. The molecule has 4 nitrogen and oxygen atoms in total. The van der Waals surface area contributed by atoms with Crippen LogP contribution < -0.4 is 5.32 Å². The van der Waals surface area contributed by atoms with E-state index in [2.05, 4.69) is 51.1 Å². The summed E-state index contributed by atoms with van der Waals surface area (Å²) in [7, 11) is 0. The van der Waals surface area contributed by atoms with Gasteiger partial charge in [-0.15, -0.1) is 0 Å². The van der Waals surface area contributed by atoms with E-state index in [0.29, 0.717) is 17.5 Å². The van der Waals surface area contributed by atoms with Crippen molar-refractivity contribution in [3.05, 3.63) is 46.8 Å². The lowest BCUT2D eigenvalue weighted by Crippen LogP contribution is -2.26. The van der Waals surface area contributed by atoms with E-state index >= 15 is 0 Å². The molecule has 0 spiro atoms. The van der Waals surface area contributed by atoms with Gasteiger partial charge in [0.25, 0.3) is 5.91 Å². The molecule has 1 aromatic heterocycles. The lowest BCUT2D eigenvalue weighted by atomic mass is 9.98. The molecule has 1 amide bonds. The molecule has 1 aliphatic carbocycles. The number of hydrogen-bond donors (Lipinski definition) is 1. The average molecular weight is 339 g/mol. The first-order valence-electron chi connectivity index (χ1n) is 9.19. The van der Waals surface area contributed by atoms with Crippen LogP contribution in [0.3, 0.4) is 0 Å². The van der Waals surface area contributed by atoms with Gasteiger partial charge in [-0.1, -0.05) is 32.0 Å². The van der Waals surface area contributed by atoms with Crippen molar-refractivity contribution in [3.63, 3.8) is 0 Å². The fourth-order valence-electron chi connectivity index (χ4n) is 3.23. The molecule has 3 rings (SSSR count). The largest absolute Gasteiger partial charge is 0.320 e. The van der Waals surface area contributed by atoms with Crippen molar-refractivity contribution < 1.29 is 4.79 Å². The van der Waals surface area contributed by atoms with Crippen LogP contribution in [0.2, 0.25) is 0 Å². The fraction of sp³-hybridized carbons (Fsp3) is 0.524. The number of rotatable bonds is 4. The molecule has 0 bridgehead atoms.